The summed E-state index contributed by atoms with van der Waals surface area (Å²) in [6.07, 6.45) is 10.4. The third kappa shape index (κ3) is 23.0. The fraction of sp³-hybridized carbons (Fsp3) is 0.585. The molecule has 0 saturated carbocycles. The highest BCUT2D eigenvalue weighted by Gasteiger charge is 2.15. The highest BCUT2D eigenvalue weighted by atomic mass is 16.5. The number of rotatable bonds is 23. The largest absolute Gasteiger partial charge is 0.494 e. The number of allylic oxidation sites excluding steroid dienone is 1. The van der Waals surface area contributed by atoms with Gasteiger partial charge in [0.25, 0.3) is 0 Å². The molecule has 0 radical (unpaired) electrons. The molecule has 6 nitrogen and oxygen atoms in total. The lowest BCUT2D eigenvalue weighted by atomic mass is 9.94. The molecule has 0 aliphatic heterocycles. The molecule has 0 amide bonds. The van der Waals surface area contributed by atoms with Gasteiger partial charge in [0.1, 0.15) is 17.8 Å². The van der Waals surface area contributed by atoms with Gasteiger partial charge in [-0.2, -0.15) is 0 Å². The first kappa shape index (κ1) is 43.9. The number of aryl methyl sites for hydroxylation is 1. The number of aldehydes is 1. The number of carbonyl (C=O) groups is 3. The number of hydrogen-bond donors (Lipinski definition) is 0. The number of benzene rings is 2. The third-order valence-corrected chi connectivity index (χ3v) is 8.01. The molecule has 2 atom stereocenters. The van der Waals surface area contributed by atoms with Gasteiger partial charge in [0.05, 0.1) is 13.2 Å². The first-order chi connectivity index (χ1) is 22.6. The van der Waals surface area contributed by atoms with E-state index in [4.69, 9.17) is 19.0 Å². The second kappa shape index (κ2) is 29.1. The van der Waals surface area contributed by atoms with Gasteiger partial charge in [-0.25, -0.2) is 0 Å². The summed E-state index contributed by atoms with van der Waals surface area (Å²) in [7, 11) is 0. The zero-order valence-corrected chi connectivity index (χ0v) is 30.6. The van der Waals surface area contributed by atoms with Crippen molar-refractivity contribution in [3.63, 3.8) is 0 Å². The predicted octanol–water partition coefficient (Wildman–Crippen LogP) is 10.3. The zero-order chi connectivity index (χ0) is 35.3. The monoisotopic (exact) mass is 652 g/mol. The summed E-state index contributed by atoms with van der Waals surface area (Å²) in [6, 6.07) is 16.1. The Bertz CT molecular complexity index is 1110. The van der Waals surface area contributed by atoms with E-state index in [0.29, 0.717) is 37.8 Å². The number of hydrogen-bond acceptors (Lipinski definition) is 6. The Morgan fingerprint density at radius 2 is 1.40 bits per heavy atom. The lowest BCUT2D eigenvalue weighted by molar-refractivity contribution is -0.119. The summed E-state index contributed by atoms with van der Waals surface area (Å²) in [6.45, 7) is 21.2. The summed E-state index contributed by atoms with van der Waals surface area (Å²) >= 11 is 0. The highest BCUT2D eigenvalue weighted by molar-refractivity contribution is 5.99. The van der Waals surface area contributed by atoms with Crippen molar-refractivity contribution in [2.24, 2.45) is 11.8 Å². The minimum absolute atomic E-state index is 0.0663. The van der Waals surface area contributed by atoms with E-state index < -0.39 is 0 Å². The molecule has 0 aliphatic rings. The molecular weight excluding hydrogens is 588 g/mol. The van der Waals surface area contributed by atoms with E-state index in [1.54, 1.807) is 0 Å². The molecule has 2 rings (SSSR count). The highest BCUT2D eigenvalue weighted by Crippen LogP contribution is 2.21. The maximum absolute atomic E-state index is 12.4. The lowest BCUT2D eigenvalue weighted by Crippen LogP contribution is -2.11. The smallest absolute Gasteiger partial charge is 0.165 e. The summed E-state index contributed by atoms with van der Waals surface area (Å²) < 4.78 is 17.3. The van der Waals surface area contributed by atoms with E-state index in [9.17, 15) is 9.59 Å². The average molecular weight is 653 g/mol. The van der Waals surface area contributed by atoms with Gasteiger partial charge in [0.15, 0.2) is 5.78 Å². The van der Waals surface area contributed by atoms with Crippen LogP contribution in [0, 0.1) is 18.8 Å². The van der Waals surface area contributed by atoms with Crippen LogP contribution in [0.1, 0.15) is 127 Å². The van der Waals surface area contributed by atoms with Crippen LogP contribution in [-0.4, -0.2) is 44.3 Å². The Balaban J connectivity index is 0.00000127. The van der Waals surface area contributed by atoms with Crippen molar-refractivity contribution >= 4 is 17.9 Å². The van der Waals surface area contributed by atoms with Crippen molar-refractivity contribution in [1.82, 2.24) is 0 Å². The lowest BCUT2D eigenvalue weighted by Gasteiger charge is -2.12. The van der Waals surface area contributed by atoms with Gasteiger partial charge in [-0.05, 0) is 107 Å². The first-order valence-electron chi connectivity index (χ1n) is 17.6. The quantitative estimate of drug-likeness (QED) is 0.0514. The summed E-state index contributed by atoms with van der Waals surface area (Å²) in [5, 5.41) is 0. The molecule has 0 fully saturated rings. The molecule has 0 heterocycles. The molecule has 2 unspecified atom stereocenters. The maximum Gasteiger partial charge on any atom is 0.165 e. The molecule has 2 aromatic rings. The first-order valence-corrected chi connectivity index (χ1v) is 17.6. The number of unbranched alkanes of at least 4 members (excludes halogenated alkanes) is 4. The number of ether oxygens (including phenoxy) is 3. The van der Waals surface area contributed by atoms with Gasteiger partial charge in [-0.1, -0.05) is 70.2 Å². The molecular formula is C41H64O6. The topological polar surface area (TPSA) is 78.9 Å². The number of ketones is 2. The van der Waals surface area contributed by atoms with Gasteiger partial charge in [-0.3, -0.25) is 9.59 Å². The summed E-state index contributed by atoms with van der Waals surface area (Å²) in [4.78, 5) is 32.1. The second-order valence-corrected chi connectivity index (χ2v) is 12.2. The molecule has 0 spiro atoms. The molecule has 2 aromatic carbocycles. The van der Waals surface area contributed by atoms with Gasteiger partial charge in [0, 0.05) is 44.1 Å². The van der Waals surface area contributed by atoms with E-state index in [1.165, 1.54) is 18.1 Å². The molecule has 0 saturated heterocycles. The Labute approximate surface area is 286 Å². The molecule has 0 aliphatic carbocycles. The predicted molar refractivity (Wildman–Crippen MR) is 195 cm³/mol. The van der Waals surface area contributed by atoms with Gasteiger partial charge in [-0.15, -0.1) is 0 Å². The van der Waals surface area contributed by atoms with Gasteiger partial charge in [0.2, 0.25) is 0 Å². The van der Waals surface area contributed by atoms with Gasteiger partial charge >= 0.3 is 0 Å². The Hall–Kier alpha value is -3.09. The Morgan fingerprint density at radius 3 is 1.94 bits per heavy atom. The van der Waals surface area contributed by atoms with E-state index in [-0.39, 0.29) is 11.7 Å². The van der Waals surface area contributed by atoms with Crippen LogP contribution < -0.4 is 4.74 Å². The van der Waals surface area contributed by atoms with Crippen LogP contribution in [-0.2, 0) is 25.7 Å². The molecule has 6 heteroatoms. The van der Waals surface area contributed by atoms with E-state index in [0.717, 1.165) is 94.3 Å². The van der Waals surface area contributed by atoms with Crippen LogP contribution >= 0.6 is 0 Å². The maximum atomic E-state index is 12.4. The molecule has 0 N–H and O–H groups in total. The van der Waals surface area contributed by atoms with Crippen molar-refractivity contribution < 1.29 is 28.6 Å². The average Bonchev–Trinajstić information content (AvgIpc) is 3.07. The fourth-order valence-electron chi connectivity index (χ4n) is 4.38. The number of Topliss-reactive ketones (excluding diaryl/α,β-unsaturated/α-hetero) is 2. The molecule has 264 valence electrons. The van der Waals surface area contributed by atoms with Crippen molar-refractivity contribution in [2.75, 3.05) is 26.4 Å². The SMILES string of the molecule is C=C(C)C(C)CCC(=O)CC.CC=O.CCC(C)C(=O)c1ccc(OCCCCCOCCCCCOCc2ccccc2)cc1C. The van der Waals surface area contributed by atoms with E-state index in [2.05, 4.69) is 25.6 Å². The molecule has 0 aromatic heterocycles. The van der Waals surface area contributed by atoms with Crippen molar-refractivity contribution in [1.29, 1.82) is 0 Å². The number of carbonyl (C=O) groups excluding carboxylic acids is 3. The van der Waals surface area contributed by atoms with E-state index in [1.807, 2.05) is 71.0 Å². The van der Waals surface area contributed by atoms with Gasteiger partial charge < -0.3 is 19.0 Å². The van der Waals surface area contributed by atoms with E-state index >= 15 is 0 Å². The zero-order valence-electron chi connectivity index (χ0n) is 30.6. The van der Waals surface area contributed by atoms with Crippen molar-refractivity contribution in [3.05, 3.63) is 77.4 Å². The van der Waals surface area contributed by atoms with Crippen LogP contribution in [0.4, 0.5) is 0 Å². The Kier molecular flexibility index (Phi) is 27.2. The summed E-state index contributed by atoms with van der Waals surface area (Å²) in [5.74, 6) is 1.98. The van der Waals surface area contributed by atoms with Crippen LogP contribution in [0.2, 0.25) is 0 Å². The van der Waals surface area contributed by atoms with Crippen LogP contribution in [0.3, 0.4) is 0 Å². The third-order valence-electron chi connectivity index (χ3n) is 8.01. The van der Waals surface area contributed by atoms with Crippen molar-refractivity contribution in [3.8, 4) is 5.75 Å². The minimum Gasteiger partial charge on any atom is -0.494 e. The fourth-order valence-corrected chi connectivity index (χ4v) is 4.38. The van der Waals surface area contributed by atoms with Crippen LogP contribution in [0.15, 0.2) is 60.7 Å². The normalized spacial score (nSPS) is 11.6. The minimum atomic E-state index is 0.0663. The van der Waals surface area contributed by atoms with Crippen LogP contribution in [0.25, 0.3) is 0 Å². The molecule has 47 heavy (non-hydrogen) atoms. The summed E-state index contributed by atoms with van der Waals surface area (Å²) in [5.41, 5.74) is 4.21. The standard InChI is InChI=1S/C29H42O4.C10H18O.C2H4O/c1-4-24(2)29(30)28-17-16-27(22-25(28)3)33-21-13-7-11-19-31-18-10-6-12-20-32-23-26-14-8-5-9-15-26;1-5-10(11)7-6-9(4)8(2)3;1-2-3/h5,8-9,14-17,22,24H,4,6-7,10-13,18-21,23H2,1-3H3;9H,2,5-7H2,1,3-4H3;2H,1H3. The Morgan fingerprint density at radius 1 is 0.830 bits per heavy atom. The van der Waals surface area contributed by atoms with Crippen LogP contribution in [0.5, 0.6) is 5.75 Å². The molecule has 0 bridgehead atoms. The second-order valence-electron chi connectivity index (χ2n) is 12.2. The van der Waals surface area contributed by atoms with Crippen molar-refractivity contribution in [2.45, 2.75) is 119 Å².